The maximum atomic E-state index is 10.7. The Morgan fingerprint density at radius 1 is 1.00 bits per heavy atom. The molecule has 0 amide bonds. The molecule has 0 unspecified atom stereocenters. The molecule has 3 heteroatoms. The molecule has 14 heavy (non-hydrogen) atoms. The van der Waals surface area contributed by atoms with Gasteiger partial charge in [-0.25, -0.2) is 4.79 Å². The first kappa shape index (κ1) is 10.1. The molecule has 0 aromatic heterocycles. The lowest BCUT2D eigenvalue weighted by Crippen LogP contribution is -1.92. The summed E-state index contributed by atoms with van der Waals surface area (Å²) in [7, 11) is 0. The molecule has 1 rings (SSSR count). The third-order valence-corrected chi connectivity index (χ3v) is 1.60. The molecule has 72 valence electrons. The molecule has 0 saturated carbocycles. The molecule has 3 N–H and O–H groups in total. The van der Waals surface area contributed by atoms with Crippen molar-refractivity contribution in [3.05, 3.63) is 54.1 Å². The lowest BCUT2D eigenvalue weighted by atomic mass is 10.2. The van der Waals surface area contributed by atoms with Crippen molar-refractivity contribution in [1.29, 1.82) is 0 Å². The van der Waals surface area contributed by atoms with E-state index in [1.807, 2.05) is 0 Å². The van der Waals surface area contributed by atoms with Gasteiger partial charge in [0.05, 0.1) is 5.56 Å². The fraction of sp³-hybridized carbons (Fsp3) is 0. The van der Waals surface area contributed by atoms with Crippen LogP contribution in [0, 0.1) is 0 Å². The fourth-order valence-corrected chi connectivity index (χ4v) is 0.905. The number of carboxylic acid groups (broad SMARTS) is 1. The molecule has 0 radical (unpaired) electrons. The van der Waals surface area contributed by atoms with E-state index in [0.717, 1.165) is 0 Å². The molecule has 0 heterocycles. The minimum Gasteiger partial charge on any atom is -0.478 e. The van der Waals surface area contributed by atoms with Crippen molar-refractivity contribution in [2.75, 3.05) is 5.73 Å². The van der Waals surface area contributed by atoms with E-state index in [9.17, 15) is 4.79 Å². The average molecular weight is 189 g/mol. The van der Waals surface area contributed by atoms with Gasteiger partial charge in [-0.15, -0.1) is 0 Å². The van der Waals surface area contributed by atoms with E-state index >= 15 is 0 Å². The van der Waals surface area contributed by atoms with Crippen LogP contribution in [0.3, 0.4) is 0 Å². The molecule has 0 saturated heterocycles. The van der Waals surface area contributed by atoms with Crippen molar-refractivity contribution in [2.24, 2.45) is 0 Å². The molecule has 0 fully saturated rings. The summed E-state index contributed by atoms with van der Waals surface area (Å²) in [5, 5.41) is 8.75. The lowest BCUT2D eigenvalue weighted by molar-refractivity contribution is 0.0697. The number of hydrogen-bond donors (Lipinski definition) is 2. The van der Waals surface area contributed by atoms with Crippen LogP contribution < -0.4 is 5.73 Å². The third-order valence-electron chi connectivity index (χ3n) is 1.60. The van der Waals surface area contributed by atoms with E-state index in [1.54, 1.807) is 36.4 Å². The Hall–Kier alpha value is -2.03. The highest BCUT2D eigenvalue weighted by atomic mass is 16.4. The molecule has 1 aromatic rings. The van der Waals surface area contributed by atoms with E-state index in [0.29, 0.717) is 5.69 Å². The number of aromatic carboxylic acids is 1. The minimum absolute atomic E-state index is 0.236. The van der Waals surface area contributed by atoms with Crippen molar-refractivity contribution in [3.63, 3.8) is 0 Å². The van der Waals surface area contributed by atoms with E-state index in [2.05, 4.69) is 0 Å². The van der Waals surface area contributed by atoms with Gasteiger partial charge in [-0.3, -0.25) is 0 Å². The predicted octanol–water partition coefficient (Wildman–Crippen LogP) is 2.09. The zero-order valence-electron chi connectivity index (χ0n) is 7.55. The zero-order chi connectivity index (χ0) is 10.4. The van der Waals surface area contributed by atoms with E-state index in [1.165, 1.54) is 12.1 Å². The summed E-state index contributed by atoms with van der Waals surface area (Å²) in [6, 6.07) is 13.1. The molecule has 0 aliphatic rings. The Kier molecular flexibility index (Phi) is 3.49. The number of rotatable bonds is 1. The summed E-state index contributed by atoms with van der Waals surface area (Å²) in [6.45, 7) is 0. The van der Waals surface area contributed by atoms with Crippen LogP contribution in [0.4, 0.5) is 5.69 Å². The number of nitrogen functional groups attached to an aromatic ring is 1. The summed E-state index contributed by atoms with van der Waals surface area (Å²) in [6.07, 6.45) is 0. The molecule has 3 nitrogen and oxygen atoms in total. The van der Waals surface area contributed by atoms with Crippen LogP contribution in [0.1, 0.15) is 10.4 Å². The van der Waals surface area contributed by atoms with Gasteiger partial charge in [0.1, 0.15) is 0 Å². The predicted molar refractivity (Wildman–Crippen MR) is 55.4 cm³/mol. The highest BCUT2D eigenvalue weighted by Gasteiger charge is 1.95. The summed E-state index contributed by atoms with van der Waals surface area (Å²) in [5.74, 6) is -0.947. The Balaban J connectivity index is 3.24. The van der Waals surface area contributed by atoms with E-state index in [-0.39, 0.29) is 5.56 Å². The van der Waals surface area contributed by atoms with Gasteiger partial charge in [0.25, 0.3) is 0 Å². The van der Waals surface area contributed by atoms with E-state index in [4.69, 9.17) is 10.8 Å². The van der Waals surface area contributed by atoms with Crippen LogP contribution in [0.15, 0.2) is 48.5 Å². The topological polar surface area (TPSA) is 63.3 Å². The average Bonchev–Trinajstić information content (AvgIpc) is 2.15. The number of nitrogens with two attached hydrogens (primary N) is 1. The van der Waals surface area contributed by atoms with Crippen molar-refractivity contribution in [1.82, 2.24) is 0 Å². The summed E-state index contributed by atoms with van der Waals surface area (Å²) >= 11 is 0. The van der Waals surface area contributed by atoms with Gasteiger partial charge in [-0.05, 0) is 24.3 Å². The molecule has 0 aliphatic carbocycles. The summed E-state index contributed by atoms with van der Waals surface area (Å²) < 4.78 is 0. The number of carboxylic acids is 1. The maximum Gasteiger partial charge on any atom is 0.335 e. The quantitative estimate of drug-likeness (QED) is 0.711. The second-order valence-electron chi connectivity index (χ2n) is 2.70. The van der Waals surface area contributed by atoms with Crippen molar-refractivity contribution in [2.45, 2.75) is 0 Å². The molecule has 0 spiro atoms. The highest BCUT2D eigenvalue weighted by Crippen LogP contribution is 1.98. The third kappa shape index (κ3) is 3.15. The largest absolute Gasteiger partial charge is 0.478 e. The molecule has 0 atom stereocenters. The van der Waals surface area contributed by atoms with Crippen LogP contribution in [-0.4, -0.2) is 11.1 Å². The Morgan fingerprint density at radius 3 is 1.86 bits per heavy atom. The van der Waals surface area contributed by atoms with Crippen LogP contribution in [0.25, 0.3) is 0 Å². The molecular formula is C11H11NO2. The first-order valence-electron chi connectivity index (χ1n) is 4.12. The first-order valence-corrected chi connectivity index (χ1v) is 4.12. The molecule has 0 aliphatic heterocycles. The molecular weight excluding hydrogens is 178 g/mol. The summed E-state index contributed by atoms with van der Waals surface area (Å²) in [4.78, 5) is 10.7. The Bertz CT molecular complexity index is 359. The van der Waals surface area contributed by atoms with Gasteiger partial charge in [-0.1, -0.05) is 24.3 Å². The van der Waals surface area contributed by atoms with Gasteiger partial charge in [-0.2, -0.15) is 0 Å². The number of anilines is 1. The second-order valence-corrected chi connectivity index (χ2v) is 2.70. The minimum atomic E-state index is -0.947. The standard InChI is InChI=1S/C11H11NO2/c12-10-7-3-1-5-9(11(13)14)6-2-4-8-10/h1-8H,12H2,(H,13,14). The van der Waals surface area contributed by atoms with Crippen molar-refractivity contribution >= 4 is 11.7 Å². The van der Waals surface area contributed by atoms with Crippen LogP contribution in [-0.2, 0) is 0 Å². The second kappa shape index (κ2) is 4.87. The lowest BCUT2D eigenvalue weighted by Gasteiger charge is -1.87. The SMILES string of the molecule is Nc1ccccc(C(=O)O)cccc1. The maximum absolute atomic E-state index is 10.7. The Labute approximate surface area is 82.1 Å². The van der Waals surface area contributed by atoms with Gasteiger partial charge >= 0.3 is 5.97 Å². The van der Waals surface area contributed by atoms with Crippen LogP contribution in [0.2, 0.25) is 0 Å². The number of hydrogen-bond acceptors (Lipinski definition) is 2. The monoisotopic (exact) mass is 189 g/mol. The zero-order valence-corrected chi connectivity index (χ0v) is 7.55. The normalized spacial score (nSPS) is 8.86. The van der Waals surface area contributed by atoms with Crippen molar-refractivity contribution in [3.8, 4) is 0 Å². The smallest absolute Gasteiger partial charge is 0.335 e. The molecule has 0 bridgehead atoms. The first-order chi connectivity index (χ1) is 6.70. The van der Waals surface area contributed by atoms with Crippen molar-refractivity contribution < 1.29 is 9.90 Å². The molecule has 1 aromatic carbocycles. The Morgan fingerprint density at radius 2 is 1.43 bits per heavy atom. The van der Waals surface area contributed by atoms with Gasteiger partial charge in [0, 0.05) is 5.69 Å². The van der Waals surface area contributed by atoms with Gasteiger partial charge in [0.2, 0.25) is 0 Å². The van der Waals surface area contributed by atoms with Crippen LogP contribution in [0.5, 0.6) is 0 Å². The fourth-order valence-electron chi connectivity index (χ4n) is 0.905. The van der Waals surface area contributed by atoms with Gasteiger partial charge < -0.3 is 10.8 Å². The summed E-state index contributed by atoms with van der Waals surface area (Å²) in [5.41, 5.74) is 6.43. The highest BCUT2D eigenvalue weighted by molar-refractivity contribution is 5.87. The number of carbonyl (C=O) groups is 1. The van der Waals surface area contributed by atoms with E-state index < -0.39 is 5.97 Å². The van der Waals surface area contributed by atoms with Gasteiger partial charge in [0.15, 0.2) is 0 Å². The van der Waals surface area contributed by atoms with Crippen LogP contribution >= 0.6 is 0 Å².